The minimum atomic E-state index is -0.227. The van der Waals surface area contributed by atoms with E-state index < -0.39 is 0 Å². The Bertz CT molecular complexity index is 527. The maximum absolute atomic E-state index is 11.9. The number of rotatable bonds is 3. The highest BCUT2D eigenvalue weighted by Gasteiger charge is 2.26. The molecule has 0 bridgehead atoms. The third-order valence-electron chi connectivity index (χ3n) is 2.90. The first kappa shape index (κ1) is 10.7. The maximum Gasteiger partial charge on any atom is 0.243 e. The maximum atomic E-state index is 11.9. The number of aromatic nitrogens is 4. The van der Waals surface area contributed by atoms with Crippen LogP contribution in [0.4, 0.5) is 5.69 Å². The summed E-state index contributed by atoms with van der Waals surface area (Å²) < 4.78 is 0. The topological polar surface area (TPSA) is 95.6 Å². The lowest BCUT2D eigenvalue weighted by Crippen LogP contribution is -2.38. The fourth-order valence-electron chi connectivity index (χ4n) is 2.00. The molecule has 0 radical (unpaired) electrons. The third kappa shape index (κ3) is 2.02. The summed E-state index contributed by atoms with van der Waals surface area (Å²) in [5, 5.41) is 19.3. The van der Waals surface area contributed by atoms with Crippen molar-refractivity contribution in [3.8, 4) is 0 Å². The first-order valence-corrected chi connectivity index (χ1v) is 5.67. The van der Waals surface area contributed by atoms with E-state index in [9.17, 15) is 4.79 Å². The number of aromatic amines is 1. The molecule has 1 aromatic heterocycles. The molecule has 0 saturated heterocycles. The molecule has 2 heterocycles. The number of hydrogen-bond donors (Lipinski definition) is 3. The van der Waals surface area contributed by atoms with Gasteiger partial charge in [0.15, 0.2) is 5.82 Å². The normalized spacial score (nSPS) is 17.0. The number of carbonyl (C=O) groups excluding carboxylic acids is 1. The summed E-state index contributed by atoms with van der Waals surface area (Å²) in [6.07, 6.45) is 0.703. The van der Waals surface area contributed by atoms with E-state index in [2.05, 4.69) is 31.3 Å². The number of carbonyl (C=O) groups is 1. The zero-order valence-corrected chi connectivity index (χ0v) is 9.55. The van der Waals surface area contributed by atoms with E-state index in [1.165, 1.54) is 0 Å². The van der Waals surface area contributed by atoms with E-state index in [1.54, 1.807) is 0 Å². The minimum absolute atomic E-state index is 0.0593. The number of para-hydroxylation sites is 1. The highest BCUT2D eigenvalue weighted by molar-refractivity contribution is 5.87. The summed E-state index contributed by atoms with van der Waals surface area (Å²) in [6, 6.07) is 7.69. The number of nitrogens with zero attached hydrogens (tertiary/aromatic N) is 3. The Morgan fingerprint density at radius 1 is 1.44 bits per heavy atom. The largest absolute Gasteiger partial charge is 0.373 e. The van der Waals surface area contributed by atoms with Gasteiger partial charge in [-0.3, -0.25) is 4.79 Å². The molecule has 0 aliphatic carbocycles. The number of H-pyrrole nitrogens is 1. The van der Waals surface area contributed by atoms with Crippen molar-refractivity contribution in [1.82, 2.24) is 25.9 Å². The van der Waals surface area contributed by atoms with Crippen LogP contribution in [0.1, 0.15) is 11.4 Å². The van der Waals surface area contributed by atoms with Crippen LogP contribution in [0.3, 0.4) is 0 Å². The molecule has 0 unspecified atom stereocenters. The van der Waals surface area contributed by atoms with Crippen LogP contribution in [0.15, 0.2) is 24.3 Å². The average molecular weight is 244 g/mol. The molecule has 0 fully saturated rings. The van der Waals surface area contributed by atoms with Gasteiger partial charge < -0.3 is 10.6 Å². The summed E-state index contributed by atoms with van der Waals surface area (Å²) >= 11 is 0. The predicted octanol–water partition coefficient (Wildman–Crippen LogP) is -0.147. The van der Waals surface area contributed by atoms with Crippen LogP contribution in [-0.2, 0) is 17.8 Å². The first-order chi connectivity index (χ1) is 8.83. The van der Waals surface area contributed by atoms with Gasteiger partial charge in [0.2, 0.25) is 5.91 Å². The van der Waals surface area contributed by atoms with Crippen molar-refractivity contribution in [2.45, 2.75) is 19.0 Å². The van der Waals surface area contributed by atoms with E-state index in [0.717, 1.165) is 11.3 Å². The second-order valence-electron chi connectivity index (χ2n) is 4.10. The number of amides is 1. The Labute approximate surface area is 103 Å². The van der Waals surface area contributed by atoms with Crippen LogP contribution in [0.25, 0.3) is 0 Å². The fourth-order valence-corrected chi connectivity index (χ4v) is 2.00. The van der Waals surface area contributed by atoms with Crippen molar-refractivity contribution in [3.63, 3.8) is 0 Å². The van der Waals surface area contributed by atoms with Crippen molar-refractivity contribution < 1.29 is 4.79 Å². The summed E-state index contributed by atoms with van der Waals surface area (Å²) in [6.45, 7) is 0.282. The van der Waals surface area contributed by atoms with Crippen molar-refractivity contribution >= 4 is 11.6 Å². The summed E-state index contributed by atoms with van der Waals surface area (Å²) in [4.78, 5) is 11.9. The Hall–Kier alpha value is -2.44. The molecule has 1 aliphatic rings. The lowest BCUT2D eigenvalue weighted by Gasteiger charge is -2.10. The number of nitrogens with one attached hydrogen (secondary N) is 3. The quantitative estimate of drug-likeness (QED) is 0.698. The van der Waals surface area contributed by atoms with Crippen LogP contribution in [-0.4, -0.2) is 32.6 Å². The van der Waals surface area contributed by atoms with Crippen LogP contribution in [0.5, 0.6) is 0 Å². The van der Waals surface area contributed by atoms with Gasteiger partial charge in [-0.25, -0.2) is 0 Å². The molecular formula is C11H12N6O. The van der Waals surface area contributed by atoms with Gasteiger partial charge in [0, 0.05) is 12.1 Å². The van der Waals surface area contributed by atoms with E-state index in [1.807, 2.05) is 24.3 Å². The zero-order chi connectivity index (χ0) is 12.4. The standard InChI is InChI=1S/C11H12N6O/c18-11(12-6-10-14-16-17-15-10)9-5-7-3-1-2-4-8(7)13-9/h1-4,9,13H,5-6H2,(H,12,18)(H,14,15,16,17)/t9-/m0/s1. The van der Waals surface area contributed by atoms with Crippen molar-refractivity contribution in [2.75, 3.05) is 5.32 Å². The molecule has 92 valence electrons. The molecule has 3 rings (SSSR count). The van der Waals surface area contributed by atoms with E-state index in [0.29, 0.717) is 12.2 Å². The second-order valence-corrected chi connectivity index (χ2v) is 4.10. The summed E-state index contributed by atoms with van der Waals surface area (Å²) in [7, 11) is 0. The van der Waals surface area contributed by atoms with Crippen LogP contribution >= 0.6 is 0 Å². The van der Waals surface area contributed by atoms with Crippen LogP contribution < -0.4 is 10.6 Å². The van der Waals surface area contributed by atoms with Gasteiger partial charge in [0.25, 0.3) is 0 Å². The summed E-state index contributed by atoms with van der Waals surface area (Å²) in [5.74, 6) is 0.412. The molecule has 1 amide bonds. The van der Waals surface area contributed by atoms with Gasteiger partial charge in [-0.2, -0.15) is 5.21 Å². The second kappa shape index (κ2) is 4.44. The molecule has 3 N–H and O–H groups in total. The molecule has 7 nitrogen and oxygen atoms in total. The van der Waals surface area contributed by atoms with Crippen molar-refractivity contribution in [3.05, 3.63) is 35.7 Å². The average Bonchev–Trinajstić information content (AvgIpc) is 3.04. The lowest BCUT2D eigenvalue weighted by molar-refractivity contribution is -0.121. The molecule has 1 atom stereocenters. The number of hydrogen-bond acceptors (Lipinski definition) is 5. The predicted molar refractivity (Wildman–Crippen MR) is 63.6 cm³/mol. The molecule has 1 aromatic carbocycles. The molecule has 2 aromatic rings. The zero-order valence-electron chi connectivity index (χ0n) is 9.55. The van der Waals surface area contributed by atoms with E-state index in [4.69, 9.17) is 0 Å². The van der Waals surface area contributed by atoms with E-state index >= 15 is 0 Å². The molecular weight excluding hydrogens is 232 g/mol. The third-order valence-corrected chi connectivity index (χ3v) is 2.90. The van der Waals surface area contributed by atoms with Crippen LogP contribution in [0.2, 0.25) is 0 Å². The Balaban J connectivity index is 1.59. The minimum Gasteiger partial charge on any atom is -0.373 e. The summed E-state index contributed by atoms with van der Waals surface area (Å²) in [5.41, 5.74) is 2.19. The Morgan fingerprint density at radius 3 is 3.11 bits per heavy atom. The van der Waals surface area contributed by atoms with Crippen molar-refractivity contribution in [2.24, 2.45) is 0 Å². The smallest absolute Gasteiger partial charge is 0.243 e. The van der Waals surface area contributed by atoms with Gasteiger partial charge in [-0.05, 0) is 11.6 Å². The fraction of sp³-hybridized carbons (Fsp3) is 0.273. The Morgan fingerprint density at radius 2 is 2.33 bits per heavy atom. The SMILES string of the molecule is O=C(NCc1nn[nH]n1)[C@@H]1Cc2ccccc2N1. The molecule has 1 aliphatic heterocycles. The van der Waals surface area contributed by atoms with Crippen molar-refractivity contribution in [1.29, 1.82) is 0 Å². The number of tetrazole rings is 1. The highest BCUT2D eigenvalue weighted by atomic mass is 16.2. The van der Waals surface area contributed by atoms with Gasteiger partial charge in [0.1, 0.15) is 6.04 Å². The molecule has 0 saturated carbocycles. The van der Waals surface area contributed by atoms with Crippen LogP contribution in [0, 0.1) is 0 Å². The van der Waals surface area contributed by atoms with Gasteiger partial charge in [-0.15, -0.1) is 10.2 Å². The lowest BCUT2D eigenvalue weighted by atomic mass is 10.1. The first-order valence-electron chi connectivity index (χ1n) is 5.67. The number of benzene rings is 1. The number of fused-ring (bicyclic) bond motifs is 1. The van der Waals surface area contributed by atoms with Gasteiger partial charge in [-0.1, -0.05) is 23.4 Å². The molecule has 0 spiro atoms. The molecule has 7 heteroatoms. The van der Waals surface area contributed by atoms with E-state index in [-0.39, 0.29) is 18.5 Å². The molecule has 18 heavy (non-hydrogen) atoms. The monoisotopic (exact) mass is 244 g/mol. The number of anilines is 1. The highest BCUT2D eigenvalue weighted by Crippen LogP contribution is 2.24. The Kier molecular flexibility index (Phi) is 2.64. The van der Waals surface area contributed by atoms with Gasteiger partial charge in [0.05, 0.1) is 6.54 Å². The van der Waals surface area contributed by atoms with Gasteiger partial charge >= 0.3 is 0 Å².